The third-order valence-electron chi connectivity index (χ3n) is 3.09. The van der Waals surface area contributed by atoms with Crippen molar-refractivity contribution < 1.29 is 23.9 Å². The number of allylic oxidation sites excluding steroid dienone is 1. The number of methoxy groups -OCH3 is 1. The summed E-state index contributed by atoms with van der Waals surface area (Å²) in [5, 5.41) is 10.7. The predicted molar refractivity (Wildman–Crippen MR) is 72.4 cm³/mol. The normalized spacial score (nSPS) is 23.3. The molecule has 112 valence electrons. The van der Waals surface area contributed by atoms with Crippen LogP contribution < -0.4 is 0 Å². The minimum absolute atomic E-state index is 0.0244. The Morgan fingerprint density at radius 2 is 2.05 bits per heavy atom. The molecule has 0 spiro atoms. The van der Waals surface area contributed by atoms with Crippen LogP contribution in [-0.2, 0) is 19.0 Å². The predicted octanol–water partition coefficient (Wildman–Crippen LogP) is 2.13. The Labute approximate surface area is 121 Å². The zero-order valence-corrected chi connectivity index (χ0v) is 11.6. The maximum absolute atomic E-state index is 12.1. The molecule has 0 aliphatic carbocycles. The largest absolute Gasteiger partial charge is 0.479 e. The van der Waals surface area contributed by atoms with Gasteiger partial charge in [-0.05, 0) is 30.7 Å². The smallest absolute Gasteiger partial charge is 0.269 e. The fourth-order valence-corrected chi connectivity index (χ4v) is 2.08. The summed E-state index contributed by atoms with van der Waals surface area (Å²) in [4.78, 5) is 22.3. The molecule has 1 aromatic rings. The Morgan fingerprint density at radius 1 is 1.38 bits per heavy atom. The molecule has 0 radical (unpaired) electrons. The summed E-state index contributed by atoms with van der Waals surface area (Å²) in [6, 6.07) is 5.84. The topological polar surface area (TPSA) is 87.9 Å². The maximum Gasteiger partial charge on any atom is 0.269 e. The highest BCUT2D eigenvalue weighted by atomic mass is 16.7. The summed E-state index contributed by atoms with van der Waals surface area (Å²) in [5.41, 5.74) is 0.607. The molecule has 21 heavy (non-hydrogen) atoms. The number of nitro groups is 1. The van der Waals surface area contributed by atoms with Crippen LogP contribution in [0, 0.1) is 10.1 Å². The van der Waals surface area contributed by atoms with E-state index >= 15 is 0 Å². The Balaban J connectivity index is 2.26. The fourth-order valence-electron chi connectivity index (χ4n) is 2.08. The number of carbonyl (C=O) groups excluding carboxylic acids is 1. The van der Waals surface area contributed by atoms with Crippen molar-refractivity contribution in [2.24, 2.45) is 0 Å². The van der Waals surface area contributed by atoms with Crippen LogP contribution in [0.1, 0.15) is 18.6 Å². The first kappa shape index (κ1) is 15.1. The molecule has 7 heteroatoms. The molecular weight excluding hydrogens is 278 g/mol. The molecular formula is C14H15NO6. The van der Waals surface area contributed by atoms with Gasteiger partial charge in [0.25, 0.3) is 5.69 Å². The summed E-state index contributed by atoms with van der Waals surface area (Å²) in [5.74, 6) is -0.0441. The van der Waals surface area contributed by atoms with Crippen molar-refractivity contribution in [1.29, 1.82) is 0 Å². The van der Waals surface area contributed by atoms with E-state index in [0.29, 0.717) is 5.56 Å². The second kappa shape index (κ2) is 6.47. The quantitative estimate of drug-likeness (QED) is 0.357. The van der Waals surface area contributed by atoms with Crippen molar-refractivity contribution in [1.82, 2.24) is 0 Å². The van der Waals surface area contributed by atoms with Crippen LogP contribution in [0.4, 0.5) is 5.69 Å². The third kappa shape index (κ3) is 3.09. The lowest BCUT2D eigenvalue weighted by atomic mass is 10.0. The Bertz CT molecular complexity index is 565. The van der Waals surface area contributed by atoms with Crippen LogP contribution in [0.15, 0.2) is 36.1 Å². The van der Waals surface area contributed by atoms with E-state index in [9.17, 15) is 14.9 Å². The van der Waals surface area contributed by atoms with Gasteiger partial charge in [0.1, 0.15) is 6.79 Å². The fraction of sp³-hybridized carbons (Fsp3) is 0.357. The molecule has 1 aromatic carbocycles. The zero-order chi connectivity index (χ0) is 15.4. The number of Topliss-reactive ketones (excluding diaryl/α,β-unsaturated/α-hetero) is 1. The third-order valence-corrected chi connectivity index (χ3v) is 3.09. The average Bonchev–Trinajstić information content (AvgIpc) is 2.81. The van der Waals surface area contributed by atoms with Crippen molar-refractivity contribution in [3.8, 4) is 0 Å². The maximum atomic E-state index is 12.1. The summed E-state index contributed by atoms with van der Waals surface area (Å²) in [6.07, 6.45) is 0.105. The van der Waals surface area contributed by atoms with E-state index in [1.165, 1.54) is 19.2 Å². The highest BCUT2D eigenvalue weighted by molar-refractivity contribution is 5.99. The second-order valence-electron chi connectivity index (χ2n) is 4.40. The molecule has 0 aromatic heterocycles. The standard InChI is InChI=1S/C14H15NO6/c1-3-11-12(16)14(20-8-19-2)13(21-11)9-4-6-10(7-5-9)15(17)18/h3-7,13-14H,8H2,1-2H3/b11-3+/t13-,14+/m0/s1. The average molecular weight is 293 g/mol. The van der Waals surface area contributed by atoms with Crippen LogP contribution >= 0.6 is 0 Å². The van der Waals surface area contributed by atoms with Gasteiger partial charge in [-0.1, -0.05) is 0 Å². The van der Waals surface area contributed by atoms with Crippen LogP contribution in [0.3, 0.4) is 0 Å². The van der Waals surface area contributed by atoms with Crippen LogP contribution in [0.5, 0.6) is 0 Å². The molecule has 1 fully saturated rings. The number of hydrogen-bond donors (Lipinski definition) is 0. The molecule has 0 amide bonds. The molecule has 2 atom stereocenters. The van der Waals surface area contributed by atoms with Crippen LogP contribution in [-0.4, -0.2) is 30.7 Å². The molecule has 7 nitrogen and oxygen atoms in total. The van der Waals surface area contributed by atoms with Gasteiger partial charge in [0.2, 0.25) is 5.78 Å². The number of ketones is 1. The van der Waals surface area contributed by atoms with Crippen molar-refractivity contribution in [3.63, 3.8) is 0 Å². The van der Waals surface area contributed by atoms with E-state index in [2.05, 4.69) is 0 Å². The first-order valence-electron chi connectivity index (χ1n) is 6.30. The van der Waals surface area contributed by atoms with Gasteiger partial charge < -0.3 is 14.2 Å². The highest BCUT2D eigenvalue weighted by Crippen LogP contribution is 2.35. The summed E-state index contributed by atoms with van der Waals surface area (Å²) >= 11 is 0. The van der Waals surface area contributed by atoms with E-state index in [4.69, 9.17) is 14.2 Å². The Hall–Kier alpha value is -2.25. The molecule has 0 bridgehead atoms. The molecule has 2 rings (SSSR count). The van der Waals surface area contributed by atoms with Gasteiger partial charge in [-0.3, -0.25) is 14.9 Å². The monoisotopic (exact) mass is 293 g/mol. The van der Waals surface area contributed by atoms with Gasteiger partial charge >= 0.3 is 0 Å². The van der Waals surface area contributed by atoms with Gasteiger partial charge in [-0.2, -0.15) is 0 Å². The number of hydrogen-bond acceptors (Lipinski definition) is 6. The van der Waals surface area contributed by atoms with Crippen LogP contribution in [0.25, 0.3) is 0 Å². The van der Waals surface area contributed by atoms with E-state index in [1.807, 2.05) is 0 Å². The highest BCUT2D eigenvalue weighted by Gasteiger charge is 2.42. The van der Waals surface area contributed by atoms with E-state index in [0.717, 1.165) is 0 Å². The number of ether oxygens (including phenoxy) is 3. The lowest BCUT2D eigenvalue weighted by Crippen LogP contribution is -2.25. The zero-order valence-electron chi connectivity index (χ0n) is 11.6. The summed E-state index contributed by atoms with van der Waals surface area (Å²) < 4.78 is 15.8. The van der Waals surface area contributed by atoms with E-state index < -0.39 is 17.1 Å². The Kier molecular flexibility index (Phi) is 4.66. The molecule has 0 saturated carbocycles. The Morgan fingerprint density at radius 3 is 2.57 bits per heavy atom. The number of benzene rings is 1. The number of non-ortho nitro benzene ring substituents is 1. The molecule has 1 heterocycles. The van der Waals surface area contributed by atoms with Gasteiger partial charge in [-0.15, -0.1) is 0 Å². The molecule has 0 unspecified atom stereocenters. The molecule has 1 saturated heterocycles. The van der Waals surface area contributed by atoms with Gasteiger partial charge in [0, 0.05) is 19.2 Å². The number of rotatable bonds is 5. The number of nitrogens with zero attached hydrogens (tertiary/aromatic N) is 1. The minimum Gasteiger partial charge on any atom is -0.479 e. The second-order valence-corrected chi connectivity index (χ2v) is 4.40. The van der Waals surface area contributed by atoms with Crippen molar-refractivity contribution in [2.45, 2.75) is 19.1 Å². The molecule has 1 aliphatic rings. The first-order chi connectivity index (χ1) is 10.1. The molecule has 0 N–H and O–H groups in total. The van der Waals surface area contributed by atoms with E-state index in [-0.39, 0.29) is 24.0 Å². The minimum atomic E-state index is -0.822. The first-order valence-corrected chi connectivity index (χ1v) is 6.30. The van der Waals surface area contributed by atoms with Crippen molar-refractivity contribution in [2.75, 3.05) is 13.9 Å². The van der Waals surface area contributed by atoms with Gasteiger partial charge in [-0.25, -0.2) is 0 Å². The van der Waals surface area contributed by atoms with Gasteiger partial charge in [0.05, 0.1) is 4.92 Å². The SMILES string of the molecule is C/C=C1/O[C@@H](c2ccc([N+](=O)[O-])cc2)[C@H](OCOC)C1=O. The summed E-state index contributed by atoms with van der Waals surface area (Å²) in [7, 11) is 1.46. The number of carbonyl (C=O) groups is 1. The lowest BCUT2D eigenvalue weighted by molar-refractivity contribution is -0.384. The summed E-state index contributed by atoms with van der Waals surface area (Å²) in [6.45, 7) is 1.65. The molecule has 1 aliphatic heterocycles. The van der Waals surface area contributed by atoms with Crippen LogP contribution in [0.2, 0.25) is 0 Å². The number of nitro benzene ring substituents is 1. The lowest BCUT2D eigenvalue weighted by Gasteiger charge is -2.17. The van der Waals surface area contributed by atoms with Crippen molar-refractivity contribution >= 4 is 11.5 Å². The van der Waals surface area contributed by atoms with E-state index in [1.54, 1.807) is 25.1 Å². The van der Waals surface area contributed by atoms with Crippen molar-refractivity contribution in [3.05, 3.63) is 51.8 Å². The van der Waals surface area contributed by atoms with Gasteiger partial charge in [0.15, 0.2) is 18.0 Å².